The van der Waals surface area contributed by atoms with Crippen LogP contribution in [-0.2, 0) is 19.1 Å². The van der Waals surface area contributed by atoms with Crippen LogP contribution >= 0.6 is 11.3 Å². The summed E-state index contributed by atoms with van der Waals surface area (Å²) < 4.78 is 9.86. The van der Waals surface area contributed by atoms with Gasteiger partial charge < -0.3 is 14.4 Å². The number of hydrogen-bond acceptors (Lipinski definition) is 6. The average molecular weight is 442 g/mol. The molecule has 1 amide bonds. The van der Waals surface area contributed by atoms with Crippen LogP contribution in [0.2, 0.25) is 0 Å². The minimum Gasteiger partial charge on any atom is -0.465 e. The fourth-order valence-corrected chi connectivity index (χ4v) is 3.89. The molecule has 1 aromatic heterocycles. The first-order valence-corrected chi connectivity index (χ1v) is 11.5. The molecule has 6 nitrogen and oxygen atoms in total. The lowest BCUT2D eigenvalue weighted by Crippen LogP contribution is -2.34. The van der Waals surface area contributed by atoms with Gasteiger partial charge in [-0.1, -0.05) is 52.9 Å². The summed E-state index contributed by atoms with van der Waals surface area (Å²) in [6.45, 7) is 13.1. The Morgan fingerprint density at radius 1 is 1.20 bits per heavy atom. The van der Waals surface area contributed by atoms with Gasteiger partial charge in [-0.05, 0) is 39.7 Å². The molecule has 1 aliphatic rings. The summed E-state index contributed by atoms with van der Waals surface area (Å²) in [4.78, 5) is 37.0. The van der Waals surface area contributed by atoms with Gasteiger partial charge in [-0.25, -0.2) is 4.79 Å². The molecule has 2 rings (SSSR count). The van der Waals surface area contributed by atoms with Gasteiger partial charge in [0, 0.05) is 4.88 Å². The van der Waals surface area contributed by atoms with Gasteiger partial charge in [-0.3, -0.25) is 9.59 Å². The van der Waals surface area contributed by atoms with Crippen molar-refractivity contribution in [3.63, 3.8) is 0 Å². The molecule has 0 bridgehead atoms. The summed E-state index contributed by atoms with van der Waals surface area (Å²) in [7, 11) is 1.26. The highest BCUT2D eigenvalue weighted by Gasteiger charge is 2.24. The van der Waals surface area contributed by atoms with Crippen molar-refractivity contribution < 1.29 is 23.9 Å². The zero-order valence-electron chi connectivity index (χ0n) is 19.9. The number of methoxy groups -OCH3 is 1. The van der Waals surface area contributed by atoms with E-state index in [1.165, 1.54) is 50.6 Å². The molecule has 1 aliphatic carbocycles. The lowest BCUT2D eigenvalue weighted by molar-refractivity contribution is -0.153. The van der Waals surface area contributed by atoms with Crippen molar-refractivity contribution in [3.8, 4) is 0 Å². The molecule has 7 heteroatoms. The number of aryl methyl sites for hydroxylation is 1. The highest BCUT2D eigenvalue weighted by molar-refractivity contribution is 7.14. The summed E-state index contributed by atoms with van der Waals surface area (Å²) in [6.07, 6.45) is 7.94. The molecule has 0 aliphatic heterocycles. The zero-order valence-corrected chi connectivity index (χ0v) is 20.7. The Labute approximate surface area is 185 Å². The number of thiophene rings is 1. The largest absolute Gasteiger partial charge is 0.465 e. The predicted molar refractivity (Wildman–Crippen MR) is 123 cm³/mol. The van der Waals surface area contributed by atoms with Crippen molar-refractivity contribution in [2.24, 2.45) is 5.92 Å². The SMILES string of the molecule is CC.CC1CCCCC1.COC(=O)c1sc(C)cc1N(C=O)CC(=O)OC(C)(C)C. The van der Waals surface area contributed by atoms with Crippen LogP contribution < -0.4 is 4.90 Å². The second-order valence-corrected chi connectivity index (χ2v) is 9.38. The number of carbonyl (C=O) groups is 3. The number of hydrogen-bond donors (Lipinski definition) is 0. The van der Waals surface area contributed by atoms with Crippen LogP contribution in [0.25, 0.3) is 0 Å². The topological polar surface area (TPSA) is 72.9 Å². The zero-order chi connectivity index (χ0) is 23.3. The maximum atomic E-state index is 11.8. The van der Waals surface area contributed by atoms with E-state index in [4.69, 9.17) is 4.74 Å². The molecule has 1 fully saturated rings. The molecule has 0 saturated heterocycles. The molecule has 0 aromatic carbocycles. The van der Waals surface area contributed by atoms with Gasteiger partial charge >= 0.3 is 11.9 Å². The Balaban J connectivity index is 0.000000775. The van der Waals surface area contributed by atoms with Crippen LogP contribution in [0.15, 0.2) is 6.07 Å². The number of nitrogens with zero attached hydrogens (tertiary/aromatic N) is 1. The average Bonchev–Trinajstić information content (AvgIpc) is 3.08. The molecule has 0 spiro atoms. The number of esters is 2. The van der Waals surface area contributed by atoms with Crippen LogP contribution in [0.3, 0.4) is 0 Å². The maximum Gasteiger partial charge on any atom is 0.350 e. The van der Waals surface area contributed by atoms with E-state index in [9.17, 15) is 14.4 Å². The Morgan fingerprint density at radius 3 is 2.17 bits per heavy atom. The summed E-state index contributed by atoms with van der Waals surface area (Å²) in [5, 5.41) is 0. The summed E-state index contributed by atoms with van der Waals surface area (Å²) in [5.74, 6) is -0.0536. The lowest BCUT2D eigenvalue weighted by atomic mass is 9.91. The van der Waals surface area contributed by atoms with Crippen LogP contribution in [0.1, 0.15) is 88.2 Å². The summed E-state index contributed by atoms with van der Waals surface area (Å²) in [6, 6.07) is 1.66. The fraction of sp³-hybridized carbons (Fsp3) is 0.696. The number of ether oxygens (including phenoxy) is 2. The van der Waals surface area contributed by atoms with E-state index in [1.54, 1.807) is 33.8 Å². The Hall–Kier alpha value is -1.89. The number of anilines is 1. The maximum absolute atomic E-state index is 11.8. The second-order valence-electron chi connectivity index (χ2n) is 8.13. The Morgan fingerprint density at radius 2 is 1.77 bits per heavy atom. The van der Waals surface area contributed by atoms with E-state index in [2.05, 4.69) is 11.7 Å². The van der Waals surface area contributed by atoms with Gasteiger partial charge in [0.05, 0.1) is 12.8 Å². The van der Waals surface area contributed by atoms with Crippen LogP contribution in [-0.4, -0.2) is 37.6 Å². The molecular weight excluding hydrogens is 402 g/mol. The van der Waals surface area contributed by atoms with E-state index < -0.39 is 17.5 Å². The molecule has 1 heterocycles. The third kappa shape index (κ3) is 10.8. The van der Waals surface area contributed by atoms with Crippen LogP contribution in [0, 0.1) is 12.8 Å². The van der Waals surface area contributed by atoms with Gasteiger partial charge in [0.15, 0.2) is 0 Å². The van der Waals surface area contributed by atoms with Gasteiger partial charge in [-0.2, -0.15) is 0 Å². The highest BCUT2D eigenvalue weighted by Crippen LogP contribution is 2.30. The summed E-state index contributed by atoms with van der Waals surface area (Å²) in [5.41, 5.74) is -0.285. The Kier molecular flexibility index (Phi) is 13.3. The van der Waals surface area contributed by atoms with Crippen molar-refractivity contribution in [2.45, 2.75) is 86.2 Å². The van der Waals surface area contributed by atoms with Gasteiger partial charge in [-0.15, -0.1) is 11.3 Å². The quantitative estimate of drug-likeness (QED) is 0.429. The molecule has 0 unspecified atom stereocenters. The smallest absolute Gasteiger partial charge is 0.350 e. The number of carbonyl (C=O) groups excluding carboxylic acids is 3. The van der Waals surface area contributed by atoms with E-state index >= 15 is 0 Å². The number of amides is 1. The molecular formula is C23H39NO5S. The third-order valence-corrected chi connectivity index (χ3v) is 5.28. The first kappa shape index (κ1) is 28.1. The molecule has 0 atom stereocenters. The van der Waals surface area contributed by atoms with Crippen molar-refractivity contribution in [3.05, 3.63) is 15.8 Å². The first-order chi connectivity index (χ1) is 14.1. The lowest BCUT2D eigenvalue weighted by Gasteiger charge is -2.22. The third-order valence-electron chi connectivity index (χ3n) is 4.26. The molecule has 0 radical (unpaired) electrons. The standard InChI is InChI=1S/C14H19NO5S.C7H14.C2H6/c1-9-6-10(12(21-9)13(18)19-5)15(8-16)7-11(17)20-14(2,3)4;1-7-5-3-2-4-6-7;1-2/h6,8H,7H2,1-5H3;7H,2-6H2,1H3;1-2H3. The van der Waals surface area contributed by atoms with Gasteiger partial charge in [0.1, 0.15) is 17.0 Å². The molecule has 172 valence electrons. The summed E-state index contributed by atoms with van der Waals surface area (Å²) >= 11 is 1.20. The normalized spacial score (nSPS) is 13.7. The molecule has 0 N–H and O–H groups in total. The Bertz CT molecular complexity index is 657. The van der Waals surface area contributed by atoms with Gasteiger partial charge in [0.25, 0.3) is 0 Å². The minimum atomic E-state index is -0.638. The van der Waals surface area contributed by atoms with E-state index in [1.807, 2.05) is 13.8 Å². The van der Waals surface area contributed by atoms with Gasteiger partial charge in [0.2, 0.25) is 6.41 Å². The van der Waals surface area contributed by atoms with Crippen molar-refractivity contribution >= 4 is 35.4 Å². The highest BCUT2D eigenvalue weighted by atomic mass is 32.1. The van der Waals surface area contributed by atoms with E-state index in [-0.39, 0.29) is 11.4 Å². The number of rotatable bonds is 5. The van der Waals surface area contributed by atoms with Crippen LogP contribution in [0.5, 0.6) is 0 Å². The van der Waals surface area contributed by atoms with Crippen molar-refractivity contribution in [1.29, 1.82) is 0 Å². The molecule has 1 saturated carbocycles. The molecule has 1 aromatic rings. The van der Waals surface area contributed by atoms with E-state index in [0.717, 1.165) is 15.7 Å². The van der Waals surface area contributed by atoms with Crippen molar-refractivity contribution in [2.75, 3.05) is 18.6 Å². The monoisotopic (exact) mass is 441 g/mol. The fourth-order valence-electron chi connectivity index (χ4n) is 2.95. The predicted octanol–water partition coefficient (Wildman–Crippen LogP) is 5.76. The minimum absolute atomic E-state index is 0.263. The van der Waals surface area contributed by atoms with Crippen LogP contribution in [0.4, 0.5) is 5.69 Å². The van der Waals surface area contributed by atoms with E-state index in [0.29, 0.717) is 12.1 Å². The first-order valence-electron chi connectivity index (χ1n) is 10.7. The molecule has 30 heavy (non-hydrogen) atoms. The van der Waals surface area contributed by atoms with Crippen molar-refractivity contribution in [1.82, 2.24) is 0 Å². The second kappa shape index (κ2) is 14.2.